The third kappa shape index (κ3) is 37.8. The largest absolute Gasteiger partial charge is 0.447 e. The molecule has 1 atom stereocenters. The standard InChI is InChI=1S/C6H15N.CH6BOP/c1-3-5-7-6-4-2;1-2(3)4/h7H,3-6H2,1-2H3;3H,4H2,1H3. The van der Waals surface area contributed by atoms with Crippen molar-refractivity contribution >= 4 is 15.8 Å². The molecule has 0 aromatic rings. The summed E-state index contributed by atoms with van der Waals surface area (Å²) >= 11 is 0. The first-order chi connectivity index (χ1) is 5.15. The third-order valence-corrected chi connectivity index (χ3v) is 0.854. The van der Waals surface area contributed by atoms with Crippen molar-refractivity contribution in [3.63, 3.8) is 0 Å². The van der Waals surface area contributed by atoms with E-state index < -0.39 is 0 Å². The monoisotopic (exact) mass is 177 g/mol. The van der Waals surface area contributed by atoms with Gasteiger partial charge in [-0.3, -0.25) is 0 Å². The molecule has 0 rings (SSSR count). The molecule has 0 heterocycles. The molecule has 0 aromatic carbocycles. The molecule has 0 radical (unpaired) electrons. The first kappa shape index (κ1) is 14.0. The Bertz CT molecular complexity index is 57.6. The van der Waals surface area contributed by atoms with Crippen LogP contribution < -0.4 is 5.32 Å². The fraction of sp³-hybridized carbons (Fsp3) is 1.00. The second-order valence-corrected chi connectivity index (χ2v) is 3.46. The van der Waals surface area contributed by atoms with E-state index in [-0.39, 0.29) is 6.64 Å². The predicted molar refractivity (Wildman–Crippen MR) is 57.0 cm³/mol. The molecule has 0 bridgehead atoms. The van der Waals surface area contributed by atoms with Crippen LogP contribution in [0.1, 0.15) is 26.7 Å². The van der Waals surface area contributed by atoms with E-state index in [4.69, 9.17) is 5.02 Å². The Morgan fingerprint density at radius 1 is 1.27 bits per heavy atom. The Morgan fingerprint density at radius 3 is 1.73 bits per heavy atom. The van der Waals surface area contributed by atoms with Gasteiger partial charge in [-0.25, -0.2) is 0 Å². The predicted octanol–water partition coefficient (Wildman–Crippen LogP) is 1.37. The van der Waals surface area contributed by atoms with Crippen molar-refractivity contribution < 1.29 is 5.02 Å². The first-order valence-electron chi connectivity index (χ1n) is 4.29. The van der Waals surface area contributed by atoms with Gasteiger partial charge in [0.1, 0.15) is 0 Å². The first-order valence-corrected chi connectivity index (χ1v) is 4.96. The Balaban J connectivity index is 0. The van der Waals surface area contributed by atoms with Crippen LogP contribution in [0.15, 0.2) is 0 Å². The molecule has 0 aliphatic rings. The highest BCUT2D eigenvalue weighted by molar-refractivity contribution is 7.59. The lowest BCUT2D eigenvalue weighted by molar-refractivity contribution is 0.603. The Kier molecular flexibility index (Phi) is 16.6. The smallest absolute Gasteiger partial charge is 0.308 e. The van der Waals surface area contributed by atoms with E-state index in [1.807, 2.05) is 0 Å². The van der Waals surface area contributed by atoms with E-state index in [9.17, 15) is 0 Å². The average molecular weight is 177 g/mol. The molecule has 11 heavy (non-hydrogen) atoms. The molecule has 2 N–H and O–H groups in total. The van der Waals surface area contributed by atoms with Crippen LogP contribution in [0, 0.1) is 0 Å². The van der Waals surface area contributed by atoms with Crippen molar-refractivity contribution in [3.05, 3.63) is 0 Å². The van der Waals surface area contributed by atoms with Gasteiger partial charge in [-0.2, -0.15) is 0 Å². The van der Waals surface area contributed by atoms with Crippen molar-refractivity contribution in [1.29, 1.82) is 0 Å². The summed E-state index contributed by atoms with van der Waals surface area (Å²) in [6.07, 6.45) is 2.50. The van der Waals surface area contributed by atoms with Crippen molar-refractivity contribution in [2.24, 2.45) is 0 Å². The van der Waals surface area contributed by atoms with E-state index in [2.05, 4.69) is 28.3 Å². The minimum absolute atomic E-state index is 0.250. The lowest BCUT2D eigenvalue weighted by atomic mass is 10.1. The highest BCUT2D eigenvalue weighted by Crippen LogP contribution is 1.80. The summed E-state index contributed by atoms with van der Waals surface area (Å²) in [5.41, 5.74) is 0. The molecule has 0 spiro atoms. The summed E-state index contributed by atoms with van der Waals surface area (Å²) < 4.78 is 0. The van der Waals surface area contributed by atoms with Gasteiger partial charge in [0.15, 0.2) is 0 Å². The molecular weight excluding hydrogens is 156 g/mol. The van der Waals surface area contributed by atoms with E-state index in [1.165, 1.54) is 25.9 Å². The van der Waals surface area contributed by atoms with Crippen molar-refractivity contribution in [2.75, 3.05) is 13.1 Å². The molecule has 0 aliphatic carbocycles. The summed E-state index contributed by atoms with van der Waals surface area (Å²) in [7, 11) is 2.21. The lowest BCUT2D eigenvalue weighted by Crippen LogP contribution is -2.14. The Hall–Kier alpha value is 0.415. The van der Waals surface area contributed by atoms with Gasteiger partial charge in [0.2, 0.25) is 0 Å². The van der Waals surface area contributed by atoms with Crippen molar-refractivity contribution in [2.45, 2.75) is 33.5 Å². The van der Waals surface area contributed by atoms with Crippen LogP contribution in [0.25, 0.3) is 0 Å². The highest BCUT2D eigenvalue weighted by Gasteiger charge is 1.81. The second-order valence-electron chi connectivity index (χ2n) is 2.49. The SMILES string of the molecule is CB(O)P.CCCNCCC. The van der Waals surface area contributed by atoms with E-state index in [1.54, 1.807) is 6.82 Å². The number of hydrogen-bond acceptors (Lipinski definition) is 2. The van der Waals surface area contributed by atoms with Crippen LogP contribution in [0.4, 0.5) is 0 Å². The van der Waals surface area contributed by atoms with E-state index in [0.29, 0.717) is 0 Å². The van der Waals surface area contributed by atoms with Crippen LogP contribution in [0.5, 0.6) is 0 Å². The van der Waals surface area contributed by atoms with Crippen molar-refractivity contribution in [3.8, 4) is 0 Å². The maximum atomic E-state index is 8.02. The van der Waals surface area contributed by atoms with Crippen LogP contribution in [-0.4, -0.2) is 24.7 Å². The molecule has 0 saturated carbocycles. The lowest BCUT2D eigenvalue weighted by Gasteiger charge is -1.95. The second kappa shape index (κ2) is 13.0. The van der Waals surface area contributed by atoms with Crippen molar-refractivity contribution in [1.82, 2.24) is 5.32 Å². The topological polar surface area (TPSA) is 32.3 Å². The van der Waals surface area contributed by atoms with Gasteiger partial charge in [0, 0.05) is 0 Å². The molecule has 0 aromatic heterocycles. The average Bonchev–Trinajstić information content (AvgIpc) is 1.88. The number of hydrogen-bond donors (Lipinski definition) is 2. The van der Waals surface area contributed by atoms with Gasteiger partial charge in [0.25, 0.3) is 0 Å². The number of rotatable bonds is 4. The molecule has 0 fully saturated rings. The van der Waals surface area contributed by atoms with Crippen LogP contribution in [0.2, 0.25) is 6.82 Å². The minimum atomic E-state index is -0.250. The van der Waals surface area contributed by atoms with Gasteiger partial charge < -0.3 is 10.3 Å². The summed E-state index contributed by atoms with van der Waals surface area (Å²) in [5, 5.41) is 11.3. The van der Waals surface area contributed by atoms with E-state index in [0.717, 1.165) is 0 Å². The zero-order chi connectivity index (χ0) is 9.11. The molecule has 4 heteroatoms. The summed E-state index contributed by atoms with van der Waals surface area (Å²) in [4.78, 5) is 0. The Labute approximate surface area is 73.4 Å². The summed E-state index contributed by atoms with van der Waals surface area (Å²) in [6.45, 7) is 8.15. The number of nitrogens with one attached hydrogen (secondary N) is 1. The van der Waals surface area contributed by atoms with Gasteiger partial charge in [-0.1, -0.05) is 20.7 Å². The molecule has 0 saturated heterocycles. The highest BCUT2D eigenvalue weighted by atomic mass is 31.0. The van der Waals surface area contributed by atoms with Gasteiger partial charge in [-0.15, -0.1) is 9.12 Å². The van der Waals surface area contributed by atoms with Gasteiger partial charge in [-0.05, 0) is 25.9 Å². The van der Waals surface area contributed by atoms with E-state index >= 15 is 0 Å². The van der Waals surface area contributed by atoms with Crippen LogP contribution in [-0.2, 0) is 0 Å². The van der Waals surface area contributed by atoms with Gasteiger partial charge >= 0.3 is 6.64 Å². The molecule has 0 aliphatic heterocycles. The molecule has 0 amide bonds. The summed E-state index contributed by atoms with van der Waals surface area (Å²) in [6, 6.07) is 0. The Morgan fingerprint density at radius 2 is 1.55 bits per heavy atom. The molecule has 1 unspecified atom stereocenters. The van der Waals surface area contributed by atoms with Gasteiger partial charge in [0.05, 0.1) is 0 Å². The fourth-order valence-electron chi connectivity index (χ4n) is 0.479. The maximum absolute atomic E-state index is 8.02. The molecule has 68 valence electrons. The zero-order valence-electron chi connectivity index (χ0n) is 7.93. The molecular formula is C7H21BNOP. The zero-order valence-corrected chi connectivity index (χ0v) is 9.09. The third-order valence-electron chi connectivity index (χ3n) is 0.854. The summed E-state index contributed by atoms with van der Waals surface area (Å²) in [5.74, 6) is 0. The quantitative estimate of drug-likeness (QED) is 0.386. The minimum Gasteiger partial charge on any atom is -0.447 e. The van der Waals surface area contributed by atoms with Crippen LogP contribution in [0.3, 0.4) is 0 Å². The molecule has 2 nitrogen and oxygen atoms in total. The van der Waals surface area contributed by atoms with Crippen LogP contribution >= 0.6 is 9.12 Å². The normalized spacial score (nSPS) is 8.45. The fourth-order valence-corrected chi connectivity index (χ4v) is 0.479. The maximum Gasteiger partial charge on any atom is 0.308 e.